The van der Waals surface area contributed by atoms with E-state index in [1.54, 1.807) is 5.70 Å². The molecule has 1 N–H and O–H groups in total. The zero-order valence-corrected chi connectivity index (χ0v) is 10.0. The van der Waals surface area contributed by atoms with Crippen molar-refractivity contribution in [3.8, 4) is 0 Å². The summed E-state index contributed by atoms with van der Waals surface area (Å²) in [5.74, 6) is 0.701. The molecular weight excluding hydrogens is 208 g/mol. The first kappa shape index (κ1) is 9.58. The zero-order valence-electron chi connectivity index (χ0n) is 10.0. The summed E-state index contributed by atoms with van der Waals surface area (Å²) in [5.41, 5.74) is 4.45. The monoisotopic (exact) mass is 226 g/mol. The van der Waals surface area contributed by atoms with Crippen LogP contribution in [-0.4, -0.2) is 24.0 Å². The maximum atomic E-state index is 3.73. The van der Waals surface area contributed by atoms with Gasteiger partial charge in [0.15, 0.2) is 0 Å². The van der Waals surface area contributed by atoms with Gasteiger partial charge in [-0.25, -0.2) is 0 Å². The molecule has 0 amide bonds. The van der Waals surface area contributed by atoms with E-state index in [2.05, 4.69) is 40.6 Å². The Hall–Kier alpha value is -1.44. The summed E-state index contributed by atoms with van der Waals surface area (Å²) >= 11 is 0. The molecule has 0 aromatic heterocycles. The number of hydrogen-bond acceptors (Lipinski definition) is 2. The number of rotatable bonds is 0. The molecule has 88 valence electrons. The van der Waals surface area contributed by atoms with Crippen molar-refractivity contribution >= 4 is 5.69 Å². The lowest BCUT2D eigenvalue weighted by Crippen LogP contribution is -2.43. The fraction of sp³-hybridized carbons (Fsp3) is 0.467. The van der Waals surface area contributed by atoms with Gasteiger partial charge in [-0.2, -0.15) is 0 Å². The number of fused-ring (bicyclic) bond motifs is 5. The second-order valence-electron chi connectivity index (χ2n) is 5.36. The molecule has 3 aliphatic rings. The van der Waals surface area contributed by atoms with Gasteiger partial charge in [-0.3, -0.25) is 0 Å². The first-order valence-corrected chi connectivity index (χ1v) is 6.74. The number of piperidine rings is 1. The van der Waals surface area contributed by atoms with E-state index in [1.807, 2.05) is 0 Å². The van der Waals surface area contributed by atoms with Crippen LogP contribution < -0.4 is 5.32 Å². The van der Waals surface area contributed by atoms with Crippen LogP contribution >= 0.6 is 0 Å². The highest BCUT2D eigenvalue weighted by atomic mass is 15.2. The average molecular weight is 226 g/mol. The molecule has 2 atom stereocenters. The van der Waals surface area contributed by atoms with Crippen LogP contribution in [0.1, 0.15) is 30.7 Å². The zero-order chi connectivity index (χ0) is 11.2. The third-order valence-corrected chi connectivity index (χ3v) is 4.45. The number of anilines is 1. The third-order valence-electron chi connectivity index (χ3n) is 4.45. The van der Waals surface area contributed by atoms with Crippen molar-refractivity contribution in [3.05, 3.63) is 41.6 Å². The van der Waals surface area contributed by atoms with Crippen LogP contribution in [0.2, 0.25) is 0 Å². The summed E-state index contributed by atoms with van der Waals surface area (Å²) in [6.45, 7) is 2.50. The lowest BCUT2D eigenvalue weighted by atomic mass is 9.85. The molecule has 1 saturated heterocycles. The summed E-state index contributed by atoms with van der Waals surface area (Å²) in [6.07, 6.45) is 6.34. The molecule has 17 heavy (non-hydrogen) atoms. The molecule has 1 aromatic carbocycles. The van der Waals surface area contributed by atoms with Crippen LogP contribution in [0.25, 0.3) is 0 Å². The quantitative estimate of drug-likeness (QED) is 0.731. The number of nitrogens with zero attached hydrogens (tertiary/aromatic N) is 1. The Morgan fingerprint density at radius 2 is 2.12 bits per heavy atom. The van der Waals surface area contributed by atoms with E-state index in [4.69, 9.17) is 0 Å². The Morgan fingerprint density at radius 1 is 1.18 bits per heavy atom. The molecule has 0 aliphatic carbocycles. The molecule has 2 nitrogen and oxygen atoms in total. The highest BCUT2D eigenvalue weighted by Gasteiger charge is 2.39. The highest BCUT2D eigenvalue weighted by Crippen LogP contribution is 2.45. The second-order valence-corrected chi connectivity index (χ2v) is 5.36. The van der Waals surface area contributed by atoms with Gasteiger partial charge in [0.2, 0.25) is 0 Å². The van der Waals surface area contributed by atoms with Crippen molar-refractivity contribution in [1.29, 1.82) is 0 Å². The van der Waals surface area contributed by atoms with E-state index in [0.717, 1.165) is 0 Å². The van der Waals surface area contributed by atoms with Crippen molar-refractivity contribution < 1.29 is 0 Å². The average Bonchev–Trinajstić information content (AvgIpc) is 2.78. The Bertz CT molecular complexity index is 478. The fourth-order valence-electron chi connectivity index (χ4n) is 3.65. The number of hydrogen-bond donors (Lipinski definition) is 1. The maximum Gasteiger partial charge on any atom is 0.0728 e. The first-order valence-electron chi connectivity index (χ1n) is 6.74. The minimum absolute atomic E-state index is 0.543. The minimum atomic E-state index is 0.543. The number of allylic oxidation sites excluding steroid dienone is 1. The molecule has 0 radical (unpaired) electrons. The Kier molecular flexibility index (Phi) is 1.99. The normalized spacial score (nSPS) is 29.9. The van der Waals surface area contributed by atoms with Gasteiger partial charge in [0, 0.05) is 30.4 Å². The lowest BCUT2D eigenvalue weighted by Gasteiger charge is -2.41. The third kappa shape index (κ3) is 1.33. The molecule has 0 saturated carbocycles. The molecule has 4 rings (SSSR count). The number of benzene rings is 1. The molecule has 1 aromatic rings. The largest absolute Gasteiger partial charge is 0.376 e. The molecule has 2 heteroatoms. The van der Waals surface area contributed by atoms with E-state index >= 15 is 0 Å². The fourth-order valence-corrected chi connectivity index (χ4v) is 3.65. The van der Waals surface area contributed by atoms with Gasteiger partial charge in [0.1, 0.15) is 0 Å². The molecule has 2 unspecified atom stereocenters. The van der Waals surface area contributed by atoms with Gasteiger partial charge < -0.3 is 10.2 Å². The standard InChI is InChI=1S/C15H18N2/c1-2-6-13-11(5-1)12-8-10-17-9-4-3-7-14(17)15(12)16-13/h1-2,5-7,12,15-16H,3-4,8-10H2. The van der Waals surface area contributed by atoms with Crippen molar-refractivity contribution in [2.75, 3.05) is 18.4 Å². The topological polar surface area (TPSA) is 15.3 Å². The van der Waals surface area contributed by atoms with Gasteiger partial charge in [-0.05, 0) is 30.9 Å². The summed E-state index contributed by atoms with van der Waals surface area (Å²) < 4.78 is 0. The second kappa shape index (κ2) is 3.52. The van der Waals surface area contributed by atoms with Crippen LogP contribution in [0.15, 0.2) is 36.0 Å². The SMILES string of the molecule is C1=C2C3Nc4ccccc4C3CCN2CCC1. The van der Waals surface area contributed by atoms with Crippen LogP contribution in [0.3, 0.4) is 0 Å². The van der Waals surface area contributed by atoms with Gasteiger partial charge >= 0.3 is 0 Å². The summed E-state index contributed by atoms with van der Waals surface area (Å²) in [6, 6.07) is 9.37. The molecule has 0 spiro atoms. The predicted octanol–water partition coefficient (Wildman–Crippen LogP) is 2.95. The first-order chi connectivity index (χ1) is 8.43. The lowest BCUT2D eigenvalue weighted by molar-refractivity contribution is 0.249. The Labute approximate surface area is 102 Å². The summed E-state index contributed by atoms with van der Waals surface area (Å²) in [4.78, 5) is 2.59. The van der Waals surface area contributed by atoms with Crippen LogP contribution in [0, 0.1) is 0 Å². The van der Waals surface area contributed by atoms with Crippen molar-refractivity contribution in [1.82, 2.24) is 4.90 Å². The molecule has 3 aliphatic heterocycles. The Morgan fingerprint density at radius 3 is 3.12 bits per heavy atom. The van der Waals surface area contributed by atoms with Crippen LogP contribution in [-0.2, 0) is 0 Å². The van der Waals surface area contributed by atoms with Crippen LogP contribution in [0.5, 0.6) is 0 Å². The van der Waals surface area contributed by atoms with Gasteiger partial charge in [0.25, 0.3) is 0 Å². The van der Waals surface area contributed by atoms with E-state index in [-0.39, 0.29) is 0 Å². The molecule has 1 fully saturated rings. The van der Waals surface area contributed by atoms with Crippen LogP contribution in [0.4, 0.5) is 5.69 Å². The summed E-state index contributed by atoms with van der Waals surface area (Å²) in [5, 5.41) is 3.73. The molecular formula is C15H18N2. The van der Waals surface area contributed by atoms with E-state index < -0.39 is 0 Å². The number of para-hydroxylation sites is 1. The van der Waals surface area contributed by atoms with Gasteiger partial charge in [-0.15, -0.1) is 0 Å². The van der Waals surface area contributed by atoms with Gasteiger partial charge in [0.05, 0.1) is 6.04 Å². The molecule has 0 bridgehead atoms. The van der Waals surface area contributed by atoms with Gasteiger partial charge in [-0.1, -0.05) is 24.3 Å². The maximum absolute atomic E-state index is 3.73. The number of nitrogens with one attached hydrogen (secondary N) is 1. The highest BCUT2D eigenvalue weighted by molar-refractivity contribution is 5.62. The smallest absolute Gasteiger partial charge is 0.0728 e. The van der Waals surface area contributed by atoms with Crippen molar-refractivity contribution in [2.45, 2.75) is 31.2 Å². The van der Waals surface area contributed by atoms with Crippen molar-refractivity contribution in [3.63, 3.8) is 0 Å². The van der Waals surface area contributed by atoms with E-state index in [1.165, 1.54) is 43.6 Å². The minimum Gasteiger partial charge on any atom is -0.376 e. The van der Waals surface area contributed by atoms with E-state index in [9.17, 15) is 0 Å². The predicted molar refractivity (Wildman–Crippen MR) is 70.1 cm³/mol. The Balaban J connectivity index is 1.75. The van der Waals surface area contributed by atoms with Crippen molar-refractivity contribution in [2.24, 2.45) is 0 Å². The van der Waals surface area contributed by atoms with E-state index in [0.29, 0.717) is 12.0 Å². The summed E-state index contributed by atoms with van der Waals surface area (Å²) in [7, 11) is 0. The molecule has 3 heterocycles.